The molecule has 0 saturated carbocycles. The van der Waals surface area contributed by atoms with Crippen LogP contribution in [0.25, 0.3) is 10.4 Å². The van der Waals surface area contributed by atoms with Crippen molar-refractivity contribution in [1.29, 1.82) is 0 Å². The summed E-state index contributed by atoms with van der Waals surface area (Å²) in [6.07, 6.45) is 0. The monoisotopic (exact) mass is 367 g/mol. The highest BCUT2D eigenvalue weighted by Crippen LogP contribution is 2.32. The Morgan fingerprint density at radius 2 is 1.45 bits per heavy atom. The zero-order chi connectivity index (χ0) is 15.6. The topological polar surface area (TPSA) is 46.5 Å². The summed E-state index contributed by atoms with van der Waals surface area (Å²) in [7, 11) is -1.07. The van der Waals surface area contributed by atoms with Crippen LogP contribution in [0, 0.1) is 0 Å². The first-order valence-electron chi connectivity index (χ1n) is 6.28. The van der Waals surface area contributed by atoms with E-state index in [0.29, 0.717) is 9.69 Å². The Bertz CT molecular complexity index is 945. The first-order valence-corrected chi connectivity index (χ1v) is 10.2. The molecule has 0 aliphatic rings. The van der Waals surface area contributed by atoms with E-state index in [1.807, 2.05) is 30.3 Å². The van der Waals surface area contributed by atoms with E-state index in [4.69, 9.17) is 11.6 Å². The lowest BCUT2D eigenvalue weighted by atomic mass is 10.2. The van der Waals surface area contributed by atoms with Crippen molar-refractivity contribution in [1.82, 2.24) is 0 Å². The van der Waals surface area contributed by atoms with Gasteiger partial charge in [-0.05, 0) is 17.7 Å². The van der Waals surface area contributed by atoms with Crippen molar-refractivity contribution in [2.45, 2.75) is 4.90 Å². The molecule has 0 aliphatic heterocycles. The molecule has 1 aromatic heterocycles. The molecule has 0 radical (unpaired) electrons. The molecule has 112 valence electrons. The standard InChI is InChI=1S/C15H10ClNO2S3/c16-13-14(11-7-3-1-4-8-11)20-21-15(13)17-22(18,19)12-9-5-2-6-10-12/h1-10H. The van der Waals surface area contributed by atoms with Crippen LogP contribution in [0.4, 0.5) is 0 Å². The smallest absolute Gasteiger partial charge is 0.199 e. The molecular weight excluding hydrogens is 358 g/mol. The normalized spacial score (nSPS) is 12.5. The molecule has 0 saturated heterocycles. The number of nitrogens with zero attached hydrogens (tertiary/aromatic N) is 1. The number of rotatable bonds is 3. The minimum atomic E-state index is -3.75. The Balaban J connectivity index is 2.09. The molecule has 3 aromatic rings. The van der Waals surface area contributed by atoms with Crippen molar-refractivity contribution in [3.05, 3.63) is 70.4 Å². The van der Waals surface area contributed by atoms with Gasteiger partial charge in [0.25, 0.3) is 10.0 Å². The van der Waals surface area contributed by atoms with Gasteiger partial charge >= 0.3 is 0 Å². The van der Waals surface area contributed by atoms with Crippen molar-refractivity contribution in [3.8, 4) is 10.4 Å². The van der Waals surface area contributed by atoms with Crippen molar-refractivity contribution >= 4 is 42.3 Å². The fourth-order valence-electron chi connectivity index (χ4n) is 1.83. The highest BCUT2D eigenvalue weighted by atomic mass is 35.5. The highest BCUT2D eigenvalue weighted by molar-refractivity contribution is 7.90. The maximum absolute atomic E-state index is 12.3. The molecule has 0 unspecified atom stereocenters. The zero-order valence-electron chi connectivity index (χ0n) is 11.1. The van der Waals surface area contributed by atoms with E-state index < -0.39 is 10.0 Å². The molecule has 0 atom stereocenters. The second-order valence-electron chi connectivity index (χ2n) is 4.36. The van der Waals surface area contributed by atoms with Crippen LogP contribution in [0.5, 0.6) is 0 Å². The van der Waals surface area contributed by atoms with E-state index in [1.165, 1.54) is 32.8 Å². The third kappa shape index (κ3) is 3.15. The summed E-state index contributed by atoms with van der Waals surface area (Å²) in [5, 5.41) is 0.376. The van der Waals surface area contributed by atoms with Crippen molar-refractivity contribution in [2.24, 2.45) is 4.40 Å². The number of hydrogen-bond acceptors (Lipinski definition) is 4. The molecule has 0 N–H and O–H groups in total. The third-order valence-corrected chi connectivity index (χ3v) is 7.24. The summed E-state index contributed by atoms with van der Waals surface area (Å²) in [5.74, 6) is 0. The van der Waals surface area contributed by atoms with Crippen molar-refractivity contribution < 1.29 is 8.42 Å². The summed E-state index contributed by atoms with van der Waals surface area (Å²) in [6, 6.07) is 17.7. The molecule has 22 heavy (non-hydrogen) atoms. The summed E-state index contributed by atoms with van der Waals surface area (Å²) >= 11 is 6.32. The Hall–Kier alpha value is -1.47. The minimum absolute atomic E-state index is 0.158. The summed E-state index contributed by atoms with van der Waals surface area (Å²) in [4.78, 5) is 0.986. The van der Waals surface area contributed by atoms with Crippen LogP contribution in [0.3, 0.4) is 0 Å². The molecule has 1 heterocycles. The lowest BCUT2D eigenvalue weighted by Gasteiger charge is -1.97. The largest absolute Gasteiger partial charge is 0.283 e. The van der Waals surface area contributed by atoms with Crippen LogP contribution in [0.15, 0.2) is 70.0 Å². The fourth-order valence-corrected chi connectivity index (χ4v) is 6.22. The second-order valence-corrected chi connectivity index (χ2v) is 8.47. The lowest BCUT2D eigenvalue weighted by Crippen LogP contribution is -2.04. The zero-order valence-corrected chi connectivity index (χ0v) is 14.3. The Morgan fingerprint density at radius 3 is 2.09 bits per heavy atom. The van der Waals surface area contributed by atoms with Crippen molar-refractivity contribution in [3.63, 3.8) is 0 Å². The molecule has 0 spiro atoms. The Morgan fingerprint density at radius 1 is 0.864 bits per heavy atom. The van der Waals surface area contributed by atoms with E-state index in [1.54, 1.807) is 18.2 Å². The maximum Gasteiger partial charge on any atom is 0.283 e. The fraction of sp³-hybridized carbons (Fsp3) is 0. The average molecular weight is 368 g/mol. The molecule has 3 nitrogen and oxygen atoms in total. The van der Waals surface area contributed by atoms with E-state index in [9.17, 15) is 8.42 Å². The summed E-state index contributed by atoms with van der Waals surface area (Å²) < 4.78 is 28.8. The number of hydrogen-bond donors (Lipinski definition) is 0. The van der Waals surface area contributed by atoms with Crippen LogP contribution in [-0.2, 0) is 10.0 Å². The average Bonchev–Trinajstić information content (AvgIpc) is 2.89. The minimum Gasteiger partial charge on any atom is -0.199 e. The number of sulfonamides is 1. The van der Waals surface area contributed by atoms with Gasteiger partial charge in [-0.3, -0.25) is 0 Å². The molecule has 3 rings (SSSR count). The summed E-state index contributed by atoms with van der Waals surface area (Å²) in [6.45, 7) is 0. The Kier molecular flexibility index (Phi) is 4.44. The van der Waals surface area contributed by atoms with Gasteiger partial charge in [-0.1, -0.05) is 80.8 Å². The van der Waals surface area contributed by atoms with Gasteiger partial charge in [-0.25, -0.2) is 0 Å². The van der Waals surface area contributed by atoms with Gasteiger partial charge in [-0.2, -0.15) is 8.42 Å². The van der Waals surface area contributed by atoms with E-state index >= 15 is 0 Å². The predicted octanol–water partition coefficient (Wildman–Crippen LogP) is 4.42. The third-order valence-electron chi connectivity index (χ3n) is 2.87. The van der Waals surface area contributed by atoms with Gasteiger partial charge in [0.05, 0.1) is 14.8 Å². The number of halogens is 1. The van der Waals surface area contributed by atoms with Crippen molar-refractivity contribution in [2.75, 3.05) is 0 Å². The second kappa shape index (κ2) is 6.34. The van der Waals surface area contributed by atoms with Gasteiger partial charge in [0.2, 0.25) is 0 Å². The van der Waals surface area contributed by atoms with Gasteiger partial charge in [0.15, 0.2) is 4.67 Å². The van der Waals surface area contributed by atoms with Crippen LogP contribution in [0.1, 0.15) is 0 Å². The molecule has 0 amide bonds. The molecule has 2 aromatic carbocycles. The molecular formula is C15H10ClNO2S3. The SMILES string of the molecule is O=S(=O)(N=c1ssc(-c2ccccc2)c1Cl)c1ccccc1. The van der Waals surface area contributed by atoms with Crippen LogP contribution in [0.2, 0.25) is 5.02 Å². The lowest BCUT2D eigenvalue weighted by molar-refractivity contribution is 0.597. The predicted molar refractivity (Wildman–Crippen MR) is 91.8 cm³/mol. The van der Waals surface area contributed by atoms with Gasteiger partial charge < -0.3 is 0 Å². The highest BCUT2D eigenvalue weighted by Gasteiger charge is 2.15. The van der Waals surface area contributed by atoms with Crippen LogP contribution < -0.4 is 4.67 Å². The van der Waals surface area contributed by atoms with Crippen LogP contribution in [-0.4, -0.2) is 8.42 Å². The van der Waals surface area contributed by atoms with Gasteiger partial charge in [0.1, 0.15) is 0 Å². The van der Waals surface area contributed by atoms with Crippen LogP contribution >= 0.6 is 32.3 Å². The first-order chi connectivity index (χ1) is 10.6. The Labute approximate surface area is 140 Å². The quantitative estimate of drug-likeness (QED) is 0.643. The molecule has 7 heteroatoms. The first kappa shape index (κ1) is 15.4. The van der Waals surface area contributed by atoms with E-state index in [0.717, 1.165) is 10.4 Å². The van der Waals surface area contributed by atoms with E-state index in [-0.39, 0.29) is 4.90 Å². The van der Waals surface area contributed by atoms with Gasteiger partial charge in [-0.15, -0.1) is 4.40 Å². The maximum atomic E-state index is 12.3. The van der Waals surface area contributed by atoms with E-state index in [2.05, 4.69) is 4.40 Å². The summed E-state index contributed by atoms with van der Waals surface area (Å²) in [5.41, 5.74) is 0.951. The van der Waals surface area contributed by atoms with Gasteiger partial charge in [0, 0.05) is 0 Å². The number of benzene rings is 2. The molecule has 0 fully saturated rings. The molecule has 0 aliphatic carbocycles. The molecule has 0 bridgehead atoms.